The number of rotatable bonds is 5. The SMILES string of the molecule is O=C(Nc1nc(CN2CCN(c3ccccn3)CC2)cs1)c1cccc2ccccc12. The summed E-state index contributed by atoms with van der Waals surface area (Å²) in [6, 6.07) is 19.7. The minimum atomic E-state index is -0.123. The third-order valence-corrected chi connectivity index (χ3v) is 6.34. The number of fused-ring (bicyclic) bond motifs is 1. The van der Waals surface area contributed by atoms with Crippen LogP contribution in [0.25, 0.3) is 10.8 Å². The zero-order valence-corrected chi connectivity index (χ0v) is 17.9. The highest BCUT2D eigenvalue weighted by molar-refractivity contribution is 7.14. The van der Waals surface area contributed by atoms with E-state index < -0.39 is 0 Å². The third-order valence-electron chi connectivity index (χ3n) is 5.54. The largest absolute Gasteiger partial charge is 0.354 e. The second-order valence-corrected chi connectivity index (χ2v) is 8.43. The van der Waals surface area contributed by atoms with Crippen molar-refractivity contribution in [3.8, 4) is 0 Å². The normalized spacial score (nSPS) is 14.6. The van der Waals surface area contributed by atoms with Gasteiger partial charge in [0.15, 0.2) is 5.13 Å². The molecule has 5 rings (SSSR count). The Kier molecular flexibility index (Phi) is 5.60. The summed E-state index contributed by atoms with van der Waals surface area (Å²) in [5.41, 5.74) is 1.66. The Bertz CT molecular complexity index is 1180. The van der Waals surface area contributed by atoms with E-state index in [1.807, 2.05) is 66.2 Å². The molecule has 7 heteroatoms. The maximum atomic E-state index is 12.8. The van der Waals surface area contributed by atoms with Crippen LogP contribution in [-0.4, -0.2) is 47.0 Å². The lowest BCUT2D eigenvalue weighted by Gasteiger charge is -2.35. The number of benzene rings is 2. The van der Waals surface area contributed by atoms with Crippen molar-refractivity contribution in [2.45, 2.75) is 6.54 Å². The second kappa shape index (κ2) is 8.83. The second-order valence-electron chi connectivity index (χ2n) is 7.58. The highest BCUT2D eigenvalue weighted by Gasteiger charge is 2.19. The van der Waals surface area contributed by atoms with E-state index in [9.17, 15) is 4.79 Å². The van der Waals surface area contributed by atoms with Gasteiger partial charge in [-0.05, 0) is 29.0 Å². The van der Waals surface area contributed by atoms with Gasteiger partial charge in [0.05, 0.1) is 5.69 Å². The fraction of sp³-hybridized carbons (Fsp3) is 0.208. The number of nitrogens with one attached hydrogen (secondary N) is 1. The fourth-order valence-electron chi connectivity index (χ4n) is 3.93. The maximum absolute atomic E-state index is 12.8. The van der Waals surface area contributed by atoms with E-state index in [0.717, 1.165) is 55.0 Å². The van der Waals surface area contributed by atoms with E-state index in [2.05, 4.69) is 31.2 Å². The van der Waals surface area contributed by atoms with Crippen LogP contribution in [-0.2, 0) is 6.54 Å². The van der Waals surface area contributed by atoms with Crippen molar-refractivity contribution >= 4 is 39.0 Å². The van der Waals surface area contributed by atoms with E-state index in [-0.39, 0.29) is 5.91 Å². The molecule has 1 fully saturated rings. The summed E-state index contributed by atoms with van der Waals surface area (Å²) < 4.78 is 0. The van der Waals surface area contributed by atoms with Gasteiger partial charge in [-0.3, -0.25) is 15.0 Å². The smallest absolute Gasteiger partial charge is 0.258 e. The van der Waals surface area contributed by atoms with Crippen molar-refractivity contribution in [3.05, 3.63) is 83.5 Å². The standard InChI is InChI=1S/C24H23N5OS/c30-23(21-9-5-7-18-6-1-2-8-20(18)21)27-24-26-19(17-31-24)16-28-12-14-29(15-13-28)22-10-3-4-11-25-22/h1-11,17H,12-16H2,(H,26,27,30). The van der Waals surface area contributed by atoms with Crippen molar-refractivity contribution in [1.82, 2.24) is 14.9 Å². The summed E-state index contributed by atoms with van der Waals surface area (Å²) in [5.74, 6) is 0.913. The van der Waals surface area contributed by atoms with Crippen LogP contribution in [0.4, 0.5) is 10.9 Å². The molecule has 1 aliphatic rings. The molecular weight excluding hydrogens is 406 g/mol. The quantitative estimate of drug-likeness (QED) is 0.514. The number of carbonyl (C=O) groups excluding carboxylic acids is 1. The minimum Gasteiger partial charge on any atom is -0.354 e. The number of amides is 1. The molecule has 0 atom stereocenters. The molecule has 1 aliphatic heterocycles. The summed E-state index contributed by atoms with van der Waals surface area (Å²) in [4.78, 5) is 26.6. The van der Waals surface area contributed by atoms with Gasteiger partial charge in [0.2, 0.25) is 0 Å². The molecule has 0 aliphatic carbocycles. The number of aromatic nitrogens is 2. The zero-order valence-electron chi connectivity index (χ0n) is 17.1. The van der Waals surface area contributed by atoms with Gasteiger partial charge in [-0.25, -0.2) is 9.97 Å². The van der Waals surface area contributed by atoms with Gasteiger partial charge in [-0.15, -0.1) is 11.3 Å². The molecule has 31 heavy (non-hydrogen) atoms. The van der Waals surface area contributed by atoms with Gasteiger partial charge in [-0.1, -0.05) is 42.5 Å². The highest BCUT2D eigenvalue weighted by Crippen LogP contribution is 2.22. The number of thiazole rings is 1. The molecule has 0 unspecified atom stereocenters. The summed E-state index contributed by atoms with van der Waals surface area (Å²) in [6.07, 6.45) is 1.84. The molecule has 2 aromatic heterocycles. The predicted molar refractivity (Wildman–Crippen MR) is 126 cm³/mol. The Morgan fingerprint density at radius 2 is 1.77 bits per heavy atom. The number of anilines is 2. The maximum Gasteiger partial charge on any atom is 0.258 e. The summed E-state index contributed by atoms with van der Waals surface area (Å²) in [5, 5.41) is 7.65. The Morgan fingerprint density at radius 1 is 0.968 bits per heavy atom. The number of hydrogen-bond donors (Lipinski definition) is 1. The van der Waals surface area contributed by atoms with Crippen molar-refractivity contribution in [1.29, 1.82) is 0 Å². The lowest BCUT2D eigenvalue weighted by molar-refractivity contribution is 0.102. The third kappa shape index (κ3) is 4.42. The molecule has 4 aromatic rings. The van der Waals surface area contributed by atoms with Crippen LogP contribution in [0.2, 0.25) is 0 Å². The first-order valence-electron chi connectivity index (χ1n) is 10.4. The fourth-order valence-corrected chi connectivity index (χ4v) is 4.63. The zero-order chi connectivity index (χ0) is 21.0. The number of piperazine rings is 1. The van der Waals surface area contributed by atoms with Crippen molar-refractivity contribution < 1.29 is 4.79 Å². The van der Waals surface area contributed by atoms with Crippen molar-refractivity contribution in [3.63, 3.8) is 0 Å². The van der Waals surface area contributed by atoms with Crippen LogP contribution in [0.1, 0.15) is 16.1 Å². The Labute approximate surface area is 185 Å². The first-order chi connectivity index (χ1) is 15.3. The first-order valence-corrected chi connectivity index (χ1v) is 11.3. The highest BCUT2D eigenvalue weighted by atomic mass is 32.1. The molecule has 156 valence electrons. The Hall–Kier alpha value is -3.29. The van der Waals surface area contributed by atoms with Gasteiger partial charge in [0, 0.05) is 49.9 Å². The average molecular weight is 430 g/mol. The van der Waals surface area contributed by atoms with Gasteiger partial charge >= 0.3 is 0 Å². The van der Waals surface area contributed by atoms with Crippen LogP contribution >= 0.6 is 11.3 Å². The molecule has 3 heterocycles. The number of carbonyl (C=O) groups is 1. The van der Waals surface area contributed by atoms with Crippen molar-refractivity contribution in [2.75, 3.05) is 36.4 Å². The van der Waals surface area contributed by atoms with Crippen LogP contribution in [0.15, 0.2) is 72.2 Å². The van der Waals surface area contributed by atoms with Gasteiger partial charge in [0.25, 0.3) is 5.91 Å². The topological polar surface area (TPSA) is 61.4 Å². The monoisotopic (exact) mass is 429 g/mol. The average Bonchev–Trinajstić information content (AvgIpc) is 3.26. The van der Waals surface area contributed by atoms with Gasteiger partial charge in [-0.2, -0.15) is 0 Å². The molecule has 0 radical (unpaired) electrons. The minimum absolute atomic E-state index is 0.123. The van der Waals surface area contributed by atoms with E-state index >= 15 is 0 Å². The van der Waals surface area contributed by atoms with E-state index in [1.165, 1.54) is 11.3 Å². The molecule has 0 saturated carbocycles. The Balaban J connectivity index is 1.19. The molecule has 0 bridgehead atoms. The van der Waals surface area contributed by atoms with E-state index in [0.29, 0.717) is 10.7 Å². The van der Waals surface area contributed by atoms with Crippen LogP contribution in [0.5, 0.6) is 0 Å². The number of hydrogen-bond acceptors (Lipinski definition) is 6. The van der Waals surface area contributed by atoms with E-state index in [1.54, 1.807) is 0 Å². The molecule has 1 saturated heterocycles. The molecule has 1 N–H and O–H groups in total. The lowest BCUT2D eigenvalue weighted by atomic mass is 10.0. The first kappa shape index (κ1) is 19.7. The van der Waals surface area contributed by atoms with Gasteiger partial charge in [0.1, 0.15) is 5.82 Å². The summed E-state index contributed by atoms with van der Waals surface area (Å²) in [7, 11) is 0. The van der Waals surface area contributed by atoms with Crippen LogP contribution in [0, 0.1) is 0 Å². The Morgan fingerprint density at radius 3 is 2.61 bits per heavy atom. The van der Waals surface area contributed by atoms with Crippen LogP contribution in [0.3, 0.4) is 0 Å². The van der Waals surface area contributed by atoms with Gasteiger partial charge < -0.3 is 4.90 Å². The molecule has 0 spiro atoms. The molecule has 2 aromatic carbocycles. The van der Waals surface area contributed by atoms with E-state index in [4.69, 9.17) is 0 Å². The summed E-state index contributed by atoms with van der Waals surface area (Å²) >= 11 is 1.47. The molecule has 6 nitrogen and oxygen atoms in total. The molecule has 1 amide bonds. The van der Waals surface area contributed by atoms with Crippen LogP contribution < -0.4 is 10.2 Å². The lowest BCUT2D eigenvalue weighted by Crippen LogP contribution is -2.46. The number of nitrogens with zero attached hydrogens (tertiary/aromatic N) is 4. The summed E-state index contributed by atoms with van der Waals surface area (Å²) in [6.45, 7) is 4.62. The number of pyridine rings is 1. The molecular formula is C24H23N5OS. The van der Waals surface area contributed by atoms with Crippen molar-refractivity contribution in [2.24, 2.45) is 0 Å². The predicted octanol–water partition coefficient (Wildman–Crippen LogP) is 4.27.